The Kier molecular flexibility index (Phi) is 4.18. The van der Waals surface area contributed by atoms with Gasteiger partial charge in [0.2, 0.25) is 5.91 Å². The van der Waals surface area contributed by atoms with E-state index in [2.05, 4.69) is 6.07 Å². The van der Waals surface area contributed by atoms with Gasteiger partial charge in [-0.1, -0.05) is 12.1 Å². The highest BCUT2D eigenvalue weighted by molar-refractivity contribution is 5.76. The van der Waals surface area contributed by atoms with Crippen LogP contribution in [0.4, 0.5) is 0 Å². The number of nitrogens with two attached hydrogens (primary N) is 1. The highest BCUT2D eigenvalue weighted by Crippen LogP contribution is 2.32. The van der Waals surface area contributed by atoms with Crippen molar-refractivity contribution in [2.75, 3.05) is 7.05 Å². The molecule has 1 aliphatic rings. The molecule has 0 heterocycles. The van der Waals surface area contributed by atoms with Crippen LogP contribution in [0.1, 0.15) is 30.4 Å². The summed E-state index contributed by atoms with van der Waals surface area (Å²) in [5.41, 5.74) is 7.55. The third kappa shape index (κ3) is 3.80. The smallest absolute Gasteiger partial charge is 0.224 e. The van der Waals surface area contributed by atoms with Crippen LogP contribution in [0, 0.1) is 17.2 Å². The summed E-state index contributed by atoms with van der Waals surface area (Å²) in [7, 11) is 1.78. The van der Waals surface area contributed by atoms with E-state index >= 15 is 0 Å². The third-order valence-corrected chi connectivity index (χ3v) is 3.54. The predicted octanol–water partition coefficient (Wildman–Crippen LogP) is 1.64. The summed E-state index contributed by atoms with van der Waals surface area (Å²) in [4.78, 5) is 13.7. The normalized spacial score (nSPS) is 15.6. The van der Waals surface area contributed by atoms with Gasteiger partial charge in [0.05, 0.1) is 11.6 Å². The lowest BCUT2D eigenvalue weighted by Gasteiger charge is -2.19. The number of benzene rings is 1. The lowest BCUT2D eigenvalue weighted by molar-refractivity contribution is -0.130. The van der Waals surface area contributed by atoms with E-state index in [1.807, 2.05) is 18.2 Å². The van der Waals surface area contributed by atoms with Crippen LogP contribution >= 0.6 is 0 Å². The molecule has 1 saturated carbocycles. The number of rotatable bonds is 5. The number of carbonyl (C=O) groups excluding carboxylic acids is 1. The second kappa shape index (κ2) is 5.85. The van der Waals surface area contributed by atoms with E-state index < -0.39 is 0 Å². The SMILES string of the molecule is CN(Cc1cccc(C#N)c1)C(=O)CC(N)C1CC1. The Hall–Kier alpha value is -1.86. The molecular weight excluding hydrogens is 238 g/mol. The van der Waals surface area contributed by atoms with E-state index in [4.69, 9.17) is 11.0 Å². The standard InChI is InChI=1S/C15H19N3O/c1-18(15(19)8-14(17)13-5-6-13)10-12-4-2-3-11(7-12)9-16/h2-4,7,13-14H,5-6,8,10,17H2,1H3. The Balaban J connectivity index is 1.90. The zero-order valence-electron chi connectivity index (χ0n) is 11.2. The molecule has 1 atom stereocenters. The van der Waals surface area contributed by atoms with Gasteiger partial charge in [0, 0.05) is 26.1 Å². The molecule has 0 bridgehead atoms. The number of hydrogen-bond acceptors (Lipinski definition) is 3. The van der Waals surface area contributed by atoms with Gasteiger partial charge in [-0.25, -0.2) is 0 Å². The van der Waals surface area contributed by atoms with Gasteiger partial charge in [-0.05, 0) is 36.5 Å². The van der Waals surface area contributed by atoms with Gasteiger partial charge in [0.1, 0.15) is 0 Å². The maximum absolute atomic E-state index is 12.0. The number of nitriles is 1. The number of amides is 1. The van der Waals surface area contributed by atoms with Crippen molar-refractivity contribution in [1.29, 1.82) is 5.26 Å². The van der Waals surface area contributed by atoms with Crippen molar-refractivity contribution in [2.45, 2.75) is 31.8 Å². The molecule has 1 aliphatic carbocycles. The lowest BCUT2D eigenvalue weighted by Crippen LogP contribution is -2.34. The van der Waals surface area contributed by atoms with Gasteiger partial charge in [0.15, 0.2) is 0 Å². The van der Waals surface area contributed by atoms with Crippen molar-refractivity contribution in [3.05, 3.63) is 35.4 Å². The molecule has 19 heavy (non-hydrogen) atoms. The Morgan fingerprint density at radius 2 is 2.32 bits per heavy atom. The molecular formula is C15H19N3O. The van der Waals surface area contributed by atoms with Crippen LogP contribution in [0.25, 0.3) is 0 Å². The van der Waals surface area contributed by atoms with Gasteiger partial charge in [0.25, 0.3) is 0 Å². The predicted molar refractivity (Wildman–Crippen MR) is 72.9 cm³/mol. The summed E-state index contributed by atoms with van der Waals surface area (Å²) in [5, 5.41) is 8.85. The highest BCUT2D eigenvalue weighted by atomic mass is 16.2. The summed E-state index contributed by atoms with van der Waals surface area (Å²) in [6.45, 7) is 0.520. The topological polar surface area (TPSA) is 70.1 Å². The van der Waals surface area contributed by atoms with E-state index in [1.165, 1.54) is 0 Å². The van der Waals surface area contributed by atoms with E-state index in [-0.39, 0.29) is 11.9 Å². The second-order valence-corrected chi connectivity index (χ2v) is 5.27. The first kappa shape index (κ1) is 13.6. The Labute approximate surface area is 113 Å². The minimum absolute atomic E-state index is 0.000364. The largest absolute Gasteiger partial charge is 0.341 e. The van der Waals surface area contributed by atoms with Gasteiger partial charge < -0.3 is 10.6 Å². The van der Waals surface area contributed by atoms with Crippen molar-refractivity contribution in [3.8, 4) is 6.07 Å². The van der Waals surface area contributed by atoms with Crippen molar-refractivity contribution in [2.24, 2.45) is 11.7 Å². The maximum atomic E-state index is 12.0. The first-order chi connectivity index (χ1) is 9.10. The average Bonchev–Trinajstić information content (AvgIpc) is 3.23. The molecule has 0 spiro atoms. The number of nitrogens with zero attached hydrogens (tertiary/aromatic N) is 2. The van der Waals surface area contributed by atoms with E-state index in [0.29, 0.717) is 24.4 Å². The minimum Gasteiger partial charge on any atom is -0.341 e. The molecule has 0 radical (unpaired) electrons. The summed E-state index contributed by atoms with van der Waals surface area (Å²) in [6, 6.07) is 9.43. The van der Waals surface area contributed by atoms with Gasteiger partial charge in [-0.2, -0.15) is 5.26 Å². The molecule has 1 aromatic rings. The summed E-state index contributed by atoms with van der Waals surface area (Å²) >= 11 is 0. The monoisotopic (exact) mass is 257 g/mol. The highest BCUT2D eigenvalue weighted by Gasteiger charge is 2.30. The molecule has 0 saturated heterocycles. The van der Waals surface area contributed by atoms with Crippen molar-refractivity contribution >= 4 is 5.91 Å². The fourth-order valence-electron chi connectivity index (χ4n) is 2.15. The molecule has 4 nitrogen and oxygen atoms in total. The molecule has 0 aliphatic heterocycles. The first-order valence-corrected chi connectivity index (χ1v) is 6.58. The van der Waals surface area contributed by atoms with Crippen LogP contribution in [0.5, 0.6) is 0 Å². The zero-order chi connectivity index (χ0) is 13.8. The van der Waals surface area contributed by atoms with E-state index in [9.17, 15) is 4.79 Å². The van der Waals surface area contributed by atoms with E-state index in [0.717, 1.165) is 18.4 Å². The third-order valence-electron chi connectivity index (χ3n) is 3.54. The molecule has 1 unspecified atom stereocenters. The van der Waals surface area contributed by atoms with E-state index in [1.54, 1.807) is 18.0 Å². The summed E-state index contributed by atoms with van der Waals surface area (Å²) in [5.74, 6) is 0.612. The Morgan fingerprint density at radius 3 is 2.95 bits per heavy atom. The van der Waals surface area contributed by atoms with Crippen LogP contribution in [0.2, 0.25) is 0 Å². The molecule has 1 amide bonds. The molecule has 4 heteroatoms. The van der Waals surface area contributed by atoms with Gasteiger partial charge >= 0.3 is 0 Å². The lowest BCUT2D eigenvalue weighted by atomic mass is 10.1. The molecule has 100 valence electrons. The second-order valence-electron chi connectivity index (χ2n) is 5.27. The molecule has 1 fully saturated rings. The summed E-state index contributed by atoms with van der Waals surface area (Å²) < 4.78 is 0. The van der Waals surface area contributed by atoms with Crippen LogP contribution in [0.3, 0.4) is 0 Å². The Morgan fingerprint density at radius 1 is 1.58 bits per heavy atom. The molecule has 2 N–H and O–H groups in total. The number of hydrogen-bond donors (Lipinski definition) is 1. The van der Waals surface area contributed by atoms with Crippen molar-refractivity contribution < 1.29 is 4.79 Å². The van der Waals surface area contributed by atoms with Crippen molar-refractivity contribution in [1.82, 2.24) is 4.90 Å². The van der Waals surface area contributed by atoms with Crippen LogP contribution in [-0.2, 0) is 11.3 Å². The van der Waals surface area contributed by atoms with Crippen molar-refractivity contribution in [3.63, 3.8) is 0 Å². The van der Waals surface area contributed by atoms with Crippen LogP contribution in [0.15, 0.2) is 24.3 Å². The molecule has 1 aromatic carbocycles. The van der Waals surface area contributed by atoms with Crippen LogP contribution in [-0.4, -0.2) is 23.9 Å². The molecule has 2 rings (SSSR count). The fraction of sp³-hybridized carbons (Fsp3) is 0.467. The fourth-order valence-corrected chi connectivity index (χ4v) is 2.15. The van der Waals surface area contributed by atoms with Gasteiger partial charge in [-0.15, -0.1) is 0 Å². The average molecular weight is 257 g/mol. The minimum atomic E-state index is 0.000364. The Bertz CT molecular complexity index is 502. The zero-order valence-corrected chi connectivity index (χ0v) is 11.2. The summed E-state index contributed by atoms with van der Waals surface area (Å²) in [6.07, 6.45) is 2.73. The maximum Gasteiger partial charge on any atom is 0.224 e. The van der Waals surface area contributed by atoms with Crippen LogP contribution < -0.4 is 5.73 Å². The van der Waals surface area contributed by atoms with Gasteiger partial charge in [-0.3, -0.25) is 4.79 Å². The number of carbonyl (C=O) groups is 1. The first-order valence-electron chi connectivity index (χ1n) is 6.58. The molecule has 0 aromatic heterocycles. The quantitative estimate of drug-likeness (QED) is 0.871.